The monoisotopic (exact) mass is 539 g/mol. The summed E-state index contributed by atoms with van der Waals surface area (Å²) in [5, 5.41) is 6.09. The zero-order chi connectivity index (χ0) is 28.1. The third-order valence-corrected chi connectivity index (χ3v) is 8.11. The fraction of sp³-hybridized carbons (Fsp3) is 0.344. The molecule has 2 aliphatic rings. The fourth-order valence-corrected chi connectivity index (χ4v) is 5.83. The van der Waals surface area contributed by atoms with Crippen LogP contribution in [0.5, 0.6) is 0 Å². The van der Waals surface area contributed by atoms with E-state index in [1.54, 1.807) is 9.80 Å². The van der Waals surface area contributed by atoms with Gasteiger partial charge in [0, 0.05) is 24.5 Å². The molecule has 8 nitrogen and oxygen atoms in total. The average Bonchev–Trinajstić information content (AvgIpc) is 3.24. The minimum Gasteiger partial charge on any atom is -0.348 e. The van der Waals surface area contributed by atoms with Crippen molar-refractivity contribution in [2.75, 3.05) is 36.5 Å². The Morgan fingerprint density at radius 3 is 2.20 bits per heavy atom. The van der Waals surface area contributed by atoms with E-state index in [0.717, 1.165) is 28.9 Å². The van der Waals surface area contributed by atoms with Crippen molar-refractivity contribution in [1.29, 1.82) is 0 Å². The number of amides is 4. The first-order valence-electron chi connectivity index (χ1n) is 14.0. The van der Waals surface area contributed by atoms with Crippen molar-refractivity contribution in [3.8, 4) is 0 Å². The Morgan fingerprint density at radius 2 is 1.52 bits per heavy atom. The molecule has 1 spiro atoms. The topological polar surface area (TPSA) is 85.0 Å². The van der Waals surface area contributed by atoms with Gasteiger partial charge in [-0.2, -0.15) is 0 Å². The summed E-state index contributed by atoms with van der Waals surface area (Å²) < 4.78 is 0. The van der Waals surface area contributed by atoms with Crippen LogP contribution in [0.2, 0.25) is 0 Å². The number of rotatable bonds is 7. The molecule has 2 saturated heterocycles. The summed E-state index contributed by atoms with van der Waals surface area (Å²) in [4.78, 5) is 45.7. The van der Waals surface area contributed by atoms with Gasteiger partial charge in [0.1, 0.15) is 12.1 Å². The van der Waals surface area contributed by atoms with Crippen LogP contribution in [0.1, 0.15) is 43.9 Å². The first-order chi connectivity index (χ1) is 19.4. The predicted molar refractivity (Wildman–Crippen MR) is 157 cm³/mol. The number of hydrogen-bond donors (Lipinski definition) is 2. The largest absolute Gasteiger partial charge is 0.348 e. The maximum absolute atomic E-state index is 14.0. The Morgan fingerprint density at radius 1 is 0.900 bits per heavy atom. The summed E-state index contributed by atoms with van der Waals surface area (Å²) in [7, 11) is 0. The second kappa shape index (κ2) is 11.8. The minimum atomic E-state index is -0.801. The molecular formula is C32H37N5O3. The van der Waals surface area contributed by atoms with E-state index in [4.69, 9.17) is 0 Å². The molecule has 1 atom stereocenters. The molecule has 5 rings (SSSR count). The van der Waals surface area contributed by atoms with Crippen LogP contribution < -0.4 is 15.5 Å². The van der Waals surface area contributed by atoms with Crippen LogP contribution in [0.25, 0.3) is 0 Å². The lowest BCUT2D eigenvalue weighted by atomic mass is 9.85. The molecule has 3 aromatic rings. The molecule has 2 heterocycles. The van der Waals surface area contributed by atoms with Gasteiger partial charge in [-0.3, -0.25) is 9.59 Å². The van der Waals surface area contributed by atoms with Gasteiger partial charge in [-0.05, 0) is 55.5 Å². The van der Waals surface area contributed by atoms with Crippen LogP contribution in [0, 0.1) is 0 Å². The molecule has 3 aromatic carbocycles. The summed E-state index contributed by atoms with van der Waals surface area (Å²) >= 11 is 0. The molecule has 0 radical (unpaired) electrons. The zero-order valence-corrected chi connectivity index (χ0v) is 23.2. The van der Waals surface area contributed by atoms with Crippen LogP contribution >= 0.6 is 0 Å². The number of hydrogen-bond acceptors (Lipinski definition) is 4. The van der Waals surface area contributed by atoms with Crippen LogP contribution in [0.15, 0.2) is 84.9 Å². The van der Waals surface area contributed by atoms with E-state index in [1.807, 2.05) is 91.9 Å². The highest BCUT2D eigenvalue weighted by atomic mass is 16.2. The van der Waals surface area contributed by atoms with Gasteiger partial charge in [0.25, 0.3) is 5.91 Å². The van der Waals surface area contributed by atoms with E-state index in [1.165, 1.54) is 0 Å². The van der Waals surface area contributed by atoms with Gasteiger partial charge in [0.15, 0.2) is 0 Å². The van der Waals surface area contributed by atoms with Gasteiger partial charge in [-0.25, -0.2) is 4.79 Å². The van der Waals surface area contributed by atoms with Crippen molar-refractivity contribution < 1.29 is 14.4 Å². The second-order valence-corrected chi connectivity index (χ2v) is 10.6. The summed E-state index contributed by atoms with van der Waals surface area (Å²) in [5.74, 6) is -0.253. The molecule has 0 aromatic heterocycles. The Labute approximate surface area is 236 Å². The average molecular weight is 540 g/mol. The normalized spacial score (nSPS) is 17.1. The molecule has 0 saturated carbocycles. The number of nitrogens with zero attached hydrogens (tertiary/aromatic N) is 3. The summed E-state index contributed by atoms with van der Waals surface area (Å²) in [5.41, 5.74) is 3.05. The highest BCUT2D eigenvalue weighted by Gasteiger charge is 2.54. The number of carbonyl (C=O) groups is 3. The number of benzene rings is 3. The van der Waals surface area contributed by atoms with Crippen LogP contribution in [-0.2, 0) is 16.0 Å². The van der Waals surface area contributed by atoms with Crippen molar-refractivity contribution >= 4 is 29.2 Å². The molecule has 1 unspecified atom stereocenters. The number of likely N-dealkylation sites (tertiary alicyclic amines) is 1. The molecule has 2 fully saturated rings. The SMILES string of the molecule is CCc1ccccc1NC(=O)N1CCC2(CC1)C(=O)N(CC(=O)NC(C)c1ccccc1)CN2c1ccccc1. The van der Waals surface area contributed by atoms with Gasteiger partial charge < -0.3 is 25.3 Å². The number of urea groups is 1. The second-order valence-electron chi connectivity index (χ2n) is 10.6. The first kappa shape index (κ1) is 27.2. The number of aryl methyl sites for hydroxylation is 1. The summed E-state index contributed by atoms with van der Waals surface area (Å²) in [6, 6.07) is 27.1. The van der Waals surface area contributed by atoms with E-state index in [0.29, 0.717) is 32.6 Å². The first-order valence-corrected chi connectivity index (χ1v) is 14.0. The number of piperidine rings is 1. The maximum atomic E-state index is 14.0. The number of anilines is 2. The third-order valence-electron chi connectivity index (χ3n) is 8.11. The molecule has 40 heavy (non-hydrogen) atoms. The van der Waals surface area contributed by atoms with E-state index >= 15 is 0 Å². The summed E-state index contributed by atoms with van der Waals surface area (Å²) in [6.45, 7) is 5.20. The minimum absolute atomic E-state index is 0.0148. The van der Waals surface area contributed by atoms with E-state index in [9.17, 15) is 14.4 Å². The Balaban J connectivity index is 1.29. The molecule has 2 aliphatic heterocycles. The molecule has 2 N–H and O–H groups in total. The molecule has 0 aliphatic carbocycles. The Kier molecular flexibility index (Phi) is 8.05. The molecule has 0 bridgehead atoms. The van der Waals surface area contributed by atoms with Gasteiger partial charge in [0.2, 0.25) is 5.91 Å². The number of carbonyl (C=O) groups excluding carboxylic acids is 3. The molecular weight excluding hydrogens is 502 g/mol. The highest BCUT2D eigenvalue weighted by molar-refractivity contribution is 5.97. The van der Waals surface area contributed by atoms with E-state index in [2.05, 4.69) is 22.5 Å². The van der Waals surface area contributed by atoms with Crippen molar-refractivity contribution in [3.63, 3.8) is 0 Å². The van der Waals surface area contributed by atoms with Gasteiger partial charge >= 0.3 is 6.03 Å². The van der Waals surface area contributed by atoms with Crippen molar-refractivity contribution in [2.24, 2.45) is 0 Å². The van der Waals surface area contributed by atoms with Crippen LogP contribution in [0.3, 0.4) is 0 Å². The van der Waals surface area contributed by atoms with Gasteiger partial charge in [-0.1, -0.05) is 73.7 Å². The Hall–Kier alpha value is -4.33. The van der Waals surface area contributed by atoms with E-state index in [-0.39, 0.29) is 30.4 Å². The Bertz CT molecular complexity index is 1340. The third kappa shape index (κ3) is 5.52. The van der Waals surface area contributed by atoms with Crippen molar-refractivity contribution in [1.82, 2.24) is 15.1 Å². The summed E-state index contributed by atoms with van der Waals surface area (Å²) in [6.07, 6.45) is 1.80. The van der Waals surface area contributed by atoms with Crippen molar-refractivity contribution in [2.45, 2.75) is 44.7 Å². The van der Waals surface area contributed by atoms with E-state index < -0.39 is 5.54 Å². The standard InChI is InChI=1S/C32H37N5O3/c1-3-25-12-10-11-17-28(25)34-31(40)35-20-18-32(19-21-35)30(39)36(23-37(32)27-15-8-5-9-16-27)22-29(38)33-24(2)26-13-6-4-7-14-26/h4-17,24H,3,18-23H2,1-2H3,(H,33,38)(H,34,40). The van der Waals surface area contributed by atoms with Crippen molar-refractivity contribution in [3.05, 3.63) is 96.1 Å². The fourth-order valence-electron chi connectivity index (χ4n) is 5.83. The van der Waals surface area contributed by atoms with Gasteiger partial charge in [0.05, 0.1) is 12.7 Å². The molecule has 208 valence electrons. The maximum Gasteiger partial charge on any atom is 0.321 e. The number of para-hydroxylation sites is 2. The van der Waals surface area contributed by atoms with Crippen LogP contribution in [0.4, 0.5) is 16.2 Å². The lowest BCUT2D eigenvalue weighted by Crippen LogP contribution is -2.58. The lowest BCUT2D eigenvalue weighted by molar-refractivity contribution is -0.137. The predicted octanol–water partition coefficient (Wildman–Crippen LogP) is 4.80. The number of nitrogens with one attached hydrogen (secondary N) is 2. The van der Waals surface area contributed by atoms with Crippen LogP contribution in [-0.4, -0.2) is 59.5 Å². The van der Waals surface area contributed by atoms with Gasteiger partial charge in [-0.15, -0.1) is 0 Å². The highest BCUT2D eigenvalue weighted by Crippen LogP contribution is 2.39. The smallest absolute Gasteiger partial charge is 0.321 e. The molecule has 4 amide bonds. The molecule has 8 heteroatoms. The lowest BCUT2D eigenvalue weighted by Gasteiger charge is -2.43. The quantitative estimate of drug-likeness (QED) is 0.452. The zero-order valence-electron chi connectivity index (χ0n) is 23.2.